The molecule has 0 unspecified atom stereocenters. The van der Waals surface area contributed by atoms with E-state index in [2.05, 4.69) is 10.1 Å². The summed E-state index contributed by atoms with van der Waals surface area (Å²) in [6.45, 7) is -1.72. The molecular weight excluding hydrogens is 345 g/mol. The monoisotopic (exact) mass is 358 g/mol. The Morgan fingerprint density at radius 2 is 1.92 bits per heavy atom. The minimum Gasteiger partial charge on any atom is -0.484 e. The van der Waals surface area contributed by atoms with Crippen molar-refractivity contribution in [2.24, 2.45) is 0 Å². The Balaban J connectivity index is 2.04. The molecular formula is C15H13F3N2O5. The number of hydrogen-bond donors (Lipinski definition) is 3. The summed E-state index contributed by atoms with van der Waals surface area (Å²) < 4.78 is 46.5. The second-order valence-electron chi connectivity index (χ2n) is 4.76. The summed E-state index contributed by atoms with van der Waals surface area (Å²) >= 11 is 0. The van der Waals surface area contributed by atoms with E-state index in [0.29, 0.717) is 5.56 Å². The number of benzene rings is 1. The van der Waals surface area contributed by atoms with Gasteiger partial charge in [0.05, 0.1) is 6.67 Å². The predicted molar refractivity (Wildman–Crippen MR) is 79.2 cm³/mol. The normalized spacial score (nSPS) is 11.0. The van der Waals surface area contributed by atoms with Crippen molar-refractivity contribution >= 4 is 12.0 Å². The van der Waals surface area contributed by atoms with Crippen LogP contribution in [-0.4, -0.2) is 36.6 Å². The molecule has 0 spiro atoms. The van der Waals surface area contributed by atoms with Crippen molar-refractivity contribution in [2.45, 2.75) is 6.18 Å². The van der Waals surface area contributed by atoms with E-state index in [0.717, 1.165) is 0 Å². The molecule has 25 heavy (non-hydrogen) atoms. The van der Waals surface area contributed by atoms with Crippen LogP contribution in [0.4, 0.5) is 18.0 Å². The van der Waals surface area contributed by atoms with Crippen molar-refractivity contribution < 1.29 is 37.0 Å². The number of carbonyl (C=O) groups excluding carboxylic acids is 1. The van der Waals surface area contributed by atoms with Gasteiger partial charge in [0, 0.05) is 5.56 Å². The predicted octanol–water partition coefficient (Wildman–Crippen LogP) is 2.84. The van der Waals surface area contributed by atoms with Crippen molar-refractivity contribution in [3.63, 3.8) is 0 Å². The molecule has 0 saturated heterocycles. The van der Waals surface area contributed by atoms with E-state index in [9.17, 15) is 22.8 Å². The molecule has 0 bridgehead atoms. The number of hydrogen-bond acceptors (Lipinski definition) is 4. The van der Waals surface area contributed by atoms with Gasteiger partial charge in [0.15, 0.2) is 12.4 Å². The number of alkyl halides is 3. The van der Waals surface area contributed by atoms with Gasteiger partial charge in [-0.3, -0.25) is 4.79 Å². The SMILES string of the molecule is O=C(O)NCNC(=O)c1ccc(-c2cccc(OCC(F)(F)F)c2)o1. The van der Waals surface area contributed by atoms with Crippen molar-refractivity contribution in [3.8, 4) is 17.1 Å². The van der Waals surface area contributed by atoms with Crippen LogP contribution in [-0.2, 0) is 0 Å². The maximum absolute atomic E-state index is 12.2. The van der Waals surface area contributed by atoms with Gasteiger partial charge in [-0.2, -0.15) is 13.2 Å². The van der Waals surface area contributed by atoms with E-state index in [1.165, 1.54) is 30.3 Å². The topological polar surface area (TPSA) is 101 Å². The highest BCUT2D eigenvalue weighted by Gasteiger charge is 2.28. The average molecular weight is 358 g/mol. The summed E-state index contributed by atoms with van der Waals surface area (Å²) in [4.78, 5) is 22.0. The zero-order chi connectivity index (χ0) is 18.4. The Morgan fingerprint density at radius 3 is 2.60 bits per heavy atom. The van der Waals surface area contributed by atoms with Crippen molar-refractivity contribution in [1.82, 2.24) is 10.6 Å². The van der Waals surface area contributed by atoms with E-state index in [1.54, 1.807) is 6.07 Å². The fourth-order valence-electron chi connectivity index (χ4n) is 1.81. The summed E-state index contributed by atoms with van der Waals surface area (Å²) in [5, 5.41) is 12.6. The summed E-state index contributed by atoms with van der Waals surface area (Å²) in [5.41, 5.74) is 0.419. The van der Waals surface area contributed by atoms with Crippen LogP contribution in [0.2, 0.25) is 0 Å². The third-order valence-corrected chi connectivity index (χ3v) is 2.84. The lowest BCUT2D eigenvalue weighted by Gasteiger charge is -2.09. The second-order valence-corrected chi connectivity index (χ2v) is 4.76. The molecule has 1 heterocycles. The maximum atomic E-state index is 12.2. The molecule has 0 aliphatic rings. The number of nitrogens with one attached hydrogen (secondary N) is 2. The lowest BCUT2D eigenvalue weighted by molar-refractivity contribution is -0.153. The molecule has 0 radical (unpaired) electrons. The van der Waals surface area contributed by atoms with E-state index in [-0.39, 0.29) is 23.9 Å². The van der Waals surface area contributed by atoms with Crippen LogP contribution in [0.3, 0.4) is 0 Å². The third-order valence-electron chi connectivity index (χ3n) is 2.84. The zero-order valence-electron chi connectivity index (χ0n) is 12.6. The minimum atomic E-state index is -4.45. The Hall–Kier alpha value is -3.17. The molecule has 10 heteroatoms. The van der Waals surface area contributed by atoms with Crippen LogP contribution >= 0.6 is 0 Å². The molecule has 7 nitrogen and oxygen atoms in total. The van der Waals surface area contributed by atoms with Gasteiger partial charge in [-0.1, -0.05) is 12.1 Å². The first-order chi connectivity index (χ1) is 11.7. The lowest BCUT2D eigenvalue weighted by atomic mass is 10.1. The number of halogens is 3. The van der Waals surface area contributed by atoms with Crippen LogP contribution in [0.25, 0.3) is 11.3 Å². The number of amides is 2. The first kappa shape index (κ1) is 18.2. The molecule has 0 fully saturated rings. The summed E-state index contributed by atoms with van der Waals surface area (Å²) in [7, 11) is 0. The Morgan fingerprint density at radius 1 is 1.16 bits per heavy atom. The smallest absolute Gasteiger partial charge is 0.422 e. The van der Waals surface area contributed by atoms with Gasteiger partial charge in [-0.05, 0) is 24.3 Å². The summed E-state index contributed by atoms with van der Waals surface area (Å²) in [6.07, 6.45) is -5.74. The molecule has 1 aromatic carbocycles. The van der Waals surface area contributed by atoms with Gasteiger partial charge < -0.3 is 24.9 Å². The summed E-state index contributed by atoms with van der Waals surface area (Å²) in [6, 6.07) is 8.59. The highest BCUT2D eigenvalue weighted by Crippen LogP contribution is 2.27. The van der Waals surface area contributed by atoms with Crippen LogP contribution < -0.4 is 15.4 Å². The summed E-state index contributed by atoms with van der Waals surface area (Å²) in [5.74, 6) is -0.482. The van der Waals surface area contributed by atoms with Crippen LogP contribution in [0, 0.1) is 0 Å². The van der Waals surface area contributed by atoms with Crippen LogP contribution in [0.5, 0.6) is 5.75 Å². The zero-order valence-corrected chi connectivity index (χ0v) is 12.6. The van der Waals surface area contributed by atoms with E-state index >= 15 is 0 Å². The van der Waals surface area contributed by atoms with Gasteiger partial charge in [0.1, 0.15) is 11.5 Å². The molecule has 134 valence electrons. The molecule has 0 atom stereocenters. The van der Waals surface area contributed by atoms with Crippen molar-refractivity contribution in [1.29, 1.82) is 0 Å². The largest absolute Gasteiger partial charge is 0.484 e. The molecule has 2 amide bonds. The standard InChI is InChI=1S/C15H13F3N2O5/c16-15(17,18)7-24-10-3-1-2-9(6-10)11-4-5-12(25-11)13(21)19-8-20-14(22)23/h1-6,20H,7-8H2,(H,19,21)(H,22,23). The van der Waals surface area contributed by atoms with E-state index in [1.807, 2.05) is 5.32 Å². The van der Waals surface area contributed by atoms with Crippen LogP contribution in [0.15, 0.2) is 40.8 Å². The van der Waals surface area contributed by atoms with Gasteiger partial charge in [-0.25, -0.2) is 4.79 Å². The number of carboxylic acid groups (broad SMARTS) is 1. The van der Waals surface area contributed by atoms with Crippen molar-refractivity contribution in [3.05, 3.63) is 42.2 Å². The molecule has 0 aliphatic heterocycles. The number of furan rings is 1. The molecule has 0 saturated carbocycles. The lowest BCUT2D eigenvalue weighted by Crippen LogP contribution is -2.36. The van der Waals surface area contributed by atoms with E-state index < -0.39 is 24.8 Å². The number of carbonyl (C=O) groups is 2. The Kier molecular flexibility index (Phi) is 5.52. The highest BCUT2D eigenvalue weighted by atomic mass is 19.4. The van der Waals surface area contributed by atoms with Crippen LogP contribution in [0.1, 0.15) is 10.6 Å². The van der Waals surface area contributed by atoms with Crippen molar-refractivity contribution in [2.75, 3.05) is 13.3 Å². The first-order valence-electron chi connectivity index (χ1n) is 6.89. The number of ether oxygens (including phenoxy) is 1. The Bertz CT molecular complexity index is 758. The average Bonchev–Trinajstić information content (AvgIpc) is 3.02. The highest BCUT2D eigenvalue weighted by molar-refractivity contribution is 5.92. The third kappa shape index (κ3) is 5.75. The van der Waals surface area contributed by atoms with Gasteiger partial charge in [0.25, 0.3) is 5.91 Å². The minimum absolute atomic E-state index is 0.00267. The van der Waals surface area contributed by atoms with E-state index in [4.69, 9.17) is 9.52 Å². The van der Waals surface area contributed by atoms with Gasteiger partial charge in [0.2, 0.25) is 0 Å². The quantitative estimate of drug-likeness (QED) is 0.690. The number of rotatable bonds is 6. The first-order valence-corrected chi connectivity index (χ1v) is 6.89. The fourth-order valence-corrected chi connectivity index (χ4v) is 1.81. The second kappa shape index (κ2) is 7.60. The molecule has 3 N–H and O–H groups in total. The van der Waals surface area contributed by atoms with Gasteiger partial charge in [-0.15, -0.1) is 0 Å². The molecule has 1 aromatic heterocycles. The molecule has 2 rings (SSSR count). The fraction of sp³-hybridized carbons (Fsp3) is 0.200. The maximum Gasteiger partial charge on any atom is 0.422 e. The Labute approximate surface area is 139 Å². The van der Waals surface area contributed by atoms with Gasteiger partial charge >= 0.3 is 12.3 Å². The molecule has 2 aromatic rings. The molecule has 0 aliphatic carbocycles.